The number of aliphatic carboxylic acids is 1. The van der Waals surface area contributed by atoms with Crippen LogP contribution in [0.5, 0.6) is 0 Å². The van der Waals surface area contributed by atoms with Gasteiger partial charge in [-0.1, -0.05) is 30.3 Å². The lowest BCUT2D eigenvalue weighted by Crippen LogP contribution is -2.58. The number of rotatable bonds is 18. The van der Waals surface area contributed by atoms with E-state index < -0.39 is 47.9 Å². The highest BCUT2D eigenvalue weighted by molar-refractivity contribution is 7.80. The minimum atomic E-state index is -1.19. The highest BCUT2D eigenvalue weighted by atomic mass is 32.1. The van der Waals surface area contributed by atoms with Gasteiger partial charge in [0.1, 0.15) is 18.1 Å². The minimum Gasteiger partial charge on any atom is -0.480 e. The molecule has 0 aliphatic rings. The van der Waals surface area contributed by atoms with Gasteiger partial charge in [0, 0.05) is 18.7 Å². The number of nitrogens with one attached hydrogen (secondary N) is 3. The van der Waals surface area contributed by atoms with Crippen LogP contribution in [-0.4, -0.2) is 77.8 Å². The van der Waals surface area contributed by atoms with Crippen LogP contribution in [-0.2, 0) is 25.6 Å². The average Bonchev–Trinajstić information content (AvgIpc) is 2.88. The summed E-state index contributed by atoms with van der Waals surface area (Å²) < 4.78 is 0. The number of carboxylic acids is 1. The third kappa shape index (κ3) is 12.7. The van der Waals surface area contributed by atoms with E-state index in [1.54, 1.807) is 24.3 Å². The van der Waals surface area contributed by atoms with Gasteiger partial charge in [0.2, 0.25) is 17.7 Å². The topological polar surface area (TPSA) is 241 Å². The molecule has 1 aromatic rings. The molecule has 38 heavy (non-hydrogen) atoms. The number of thiol groups is 1. The largest absolute Gasteiger partial charge is 0.480 e. The Kier molecular flexibility index (Phi) is 15.5. The number of unbranched alkanes of at least 4 members (excludes halogenated alkanes) is 1. The number of nitrogens with two attached hydrogens (primary N) is 4. The zero-order valence-electron chi connectivity index (χ0n) is 21.3. The van der Waals surface area contributed by atoms with E-state index >= 15 is 0 Å². The quantitative estimate of drug-likeness (QED) is 0.0431. The Hall–Kier alpha value is -3.36. The lowest BCUT2D eigenvalue weighted by molar-refractivity contribution is -0.142. The molecule has 14 heteroatoms. The molecule has 0 radical (unpaired) electrons. The number of guanidine groups is 1. The Labute approximate surface area is 228 Å². The number of hydrogen-bond donors (Lipinski definition) is 9. The van der Waals surface area contributed by atoms with Crippen LogP contribution in [0.3, 0.4) is 0 Å². The first-order valence-corrected chi connectivity index (χ1v) is 13.0. The van der Waals surface area contributed by atoms with Gasteiger partial charge in [0.15, 0.2) is 5.96 Å². The molecule has 1 rings (SSSR count). The molecule has 0 aliphatic heterocycles. The minimum absolute atomic E-state index is 0.0596. The SMILES string of the molecule is NCCCCC(NC(=O)C(CS)NC(=O)C(Cc1ccccc1)NC(=O)C(N)CCCN=C(N)N)C(=O)O. The Morgan fingerprint density at radius 3 is 2.05 bits per heavy atom. The van der Waals surface area contributed by atoms with Crippen molar-refractivity contribution >= 4 is 42.3 Å². The van der Waals surface area contributed by atoms with Crippen molar-refractivity contribution in [3.8, 4) is 0 Å². The number of benzene rings is 1. The maximum absolute atomic E-state index is 13.2. The molecule has 12 N–H and O–H groups in total. The summed E-state index contributed by atoms with van der Waals surface area (Å²) in [6.07, 6.45) is 2.20. The first-order valence-electron chi connectivity index (χ1n) is 12.4. The smallest absolute Gasteiger partial charge is 0.326 e. The lowest BCUT2D eigenvalue weighted by atomic mass is 10.0. The number of nitrogens with zero attached hydrogens (tertiary/aromatic N) is 1. The van der Waals surface area contributed by atoms with E-state index in [1.807, 2.05) is 6.07 Å². The second kappa shape index (κ2) is 18.0. The van der Waals surface area contributed by atoms with Gasteiger partial charge >= 0.3 is 5.97 Å². The second-order valence-corrected chi connectivity index (χ2v) is 9.10. The normalized spacial score (nSPS) is 13.9. The van der Waals surface area contributed by atoms with Gasteiger partial charge in [0.05, 0.1) is 6.04 Å². The average molecular weight is 553 g/mol. The summed E-state index contributed by atoms with van der Waals surface area (Å²) in [5.41, 5.74) is 22.8. The Morgan fingerprint density at radius 1 is 0.868 bits per heavy atom. The van der Waals surface area contributed by atoms with E-state index in [4.69, 9.17) is 22.9 Å². The first kappa shape index (κ1) is 32.7. The summed E-state index contributed by atoms with van der Waals surface area (Å²) in [5, 5.41) is 17.1. The number of amides is 3. The van der Waals surface area contributed by atoms with Crippen LogP contribution >= 0.6 is 12.6 Å². The fraction of sp³-hybridized carbons (Fsp3) is 0.542. The molecule has 0 fully saturated rings. The molecule has 0 saturated carbocycles. The van der Waals surface area contributed by atoms with E-state index in [0.29, 0.717) is 32.4 Å². The Morgan fingerprint density at radius 2 is 1.47 bits per heavy atom. The van der Waals surface area contributed by atoms with Crippen molar-refractivity contribution in [3.05, 3.63) is 35.9 Å². The van der Waals surface area contributed by atoms with Crippen molar-refractivity contribution in [2.45, 2.75) is 62.7 Å². The molecule has 1 aromatic carbocycles. The van der Waals surface area contributed by atoms with Gasteiger partial charge in [0.25, 0.3) is 0 Å². The Bertz CT molecular complexity index is 930. The van der Waals surface area contributed by atoms with Crippen LogP contribution in [0.1, 0.15) is 37.7 Å². The maximum Gasteiger partial charge on any atom is 0.326 e. The molecule has 13 nitrogen and oxygen atoms in total. The zero-order chi connectivity index (χ0) is 28.5. The van der Waals surface area contributed by atoms with E-state index in [1.165, 1.54) is 0 Å². The monoisotopic (exact) mass is 552 g/mol. The van der Waals surface area contributed by atoms with E-state index in [-0.39, 0.29) is 31.0 Å². The van der Waals surface area contributed by atoms with E-state index in [0.717, 1.165) is 5.56 Å². The molecule has 212 valence electrons. The second-order valence-electron chi connectivity index (χ2n) is 8.73. The van der Waals surface area contributed by atoms with Crippen LogP contribution in [0, 0.1) is 0 Å². The number of aliphatic imine (C=N–C) groups is 1. The van der Waals surface area contributed by atoms with Crippen LogP contribution in [0.4, 0.5) is 0 Å². The van der Waals surface area contributed by atoms with Crippen LogP contribution in [0.15, 0.2) is 35.3 Å². The maximum atomic E-state index is 13.2. The summed E-state index contributed by atoms with van der Waals surface area (Å²) in [6, 6.07) is 4.76. The first-order chi connectivity index (χ1) is 18.1. The number of hydrogen-bond acceptors (Lipinski definition) is 8. The molecule has 0 aliphatic carbocycles. The summed E-state index contributed by atoms with van der Waals surface area (Å²) in [6.45, 7) is 0.712. The molecule has 0 spiro atoms. The van der Waals surface area contributed by atoms with Gasteiger partial charge in [-0.25, -0.2) is 4.79 Å². The van der Waals surface area contributed by atoms with Gasteiger partial charge < -0.3 is 44.0 Å². The van der Waals surface area contributed by atoms with Crippen LogP contribution in [0.2, 0.25) is 0 Å². The molecule has 0 bridgehead atoms. The van der Waals surface area contributed by atoms with E-state index in [9.17, 15) is 24.3 Å². The standard InChI is InChI=1S/C24H40N8O5S/c25-11-5-4-10-17(23(36)37)30-22(35)19(14-38)32-21(34)18(13-15-7-2-1-3-8-15)31-20(33)16(26)9-6-12-29-24(27)28/h1-3,7-8,16-19,38H,4-6,9-14,25-26H2,(H,30,35)(H,31,33)(H,32,34)(H,36,37)(H4,27,28,29). The molecule has 0 aromatic heterocycles. The fourth-order valence-electron chi connectivity index (χ4n) is 3.48. The predicted octanol–water partition coefficient (Wildman–Crippen LogP) is -1.79. The molecule has 3 amide bonds. The van der Waals surface area contributed by atoms with Crippen molar-refractivity contribution < 1.29 is 24.3 Å². The van der Waals surface area contributed by atoms with Crippen LogP contribution < -0.4 is 38.9 Å². The predicted molar refractivity (Wildman–Crippen MR) is 148 cm³/mol. The van der Waals surface area contributed by atoms with Crippen molar-refractivity contribution in [1.82, 2.24) is 16.0 Å². The van der Waals surface area contributed by atoms with Gasteiger partial charge in [-0.05, 0) is 44.2 Å². The zero-order valence-corrected chi connectivity index (χ0v) is 22.2. The molecule has 0 saturated heterocycles. The number of carboxylic acid groups (broad SMARTS) is 1. The van der Waals surface area contributed by atoms with Crippen molar-refractivity contribution in [2.24, 2.45) is 27.9 Å². The highest BCUT2D eigenvalue weighted by Gasteiger charge is 2.29. The molecule has 4 unspecified atom stereocenters. The van der Waals surface area contributed by atoms with Crippen LogP contribution in [0.25, 0.3) is 0 Å². The Balaban J connectivity index is 2.90. The van der Waals surface area contributed by atoms with Crippen molar-refractivity contribution in [1.29, 1.82) is 0 Å². The summed E-state index contributed by atoms with van der Waals surface area (Å²) in [4.78, 5) is 54.1. The van der Waals surface area contributed by atoms with Gasteiger partial charge in [-0.3, -0.25) is 19.4 Å². The third-order valence-corrected chi connectivity index (χ3v) is 5.96. The van der Waals surface area contributed by atoms with E-state index in [2.05, 4.69) is 33.6 Å². The summed E-state index contributed by atoms with van der Waals surface area (Å²) in [7, 11) is 0. The molecule has 4 atom stereocenters. The summed E-state index contributed by atoms with van der Waals surface area (Å²) in [5.74, 6) is -3.24. The van der Waals surface area contributed by atoms with Gasteiger partial charge in [-0.2, -0.15) is 12.6 Å². The van der Waals surface area contributed by atoms with Gasteiger partial charge in [-0.15, -0.1) is 0 Å². The van der Waals surface area contributed by atoms with Crippen molar-refractivity contribution in [2.75, 3.05) is 18.8 Å². The third-order valence-electron chi connectivity index (χ3n) is 5.60. The number of carbonyl (C=O) groups excluding carboxylic acids is 3. The molecule has 0 heterocycles. The van der Waals surface area contributed by atoms with Crippen molar-refractivity contribution in [3.63, 3.8) is 0 Å². The molecular formula is C24H40N8O5S. The summed E-state index contributed by atoms with van der Waals surface area (Å²) >= 11 is 4.15. The highest BCUT2D eigenvalue weighted by Crippen LogP contribution is 2.07. The fourth-order valence-corrected chi connectivity index (χ4v) is 3.73. The molecular weight excluding hydrogens is 512 g/mol. The lowest BCUT2D eigenvalue weighted by Gasteiger charge is -2.24. The number of carbonyl (C=O) groups is 4.